The molecular weight excluding hydrogens is 166 g/mol. The average Bonchev–Trinajstić information content (AvgIpc) is 2.42. The zero-order valence-corrected chi connectivity index (χ0v) is 7.91. The molecule has 1 rings (SSSR count). The molecule has 0 saturated carbocycles. The first-order valence-electron chi connectivity index (χ1n) is 4.78. The number of ether oxygens (including phenoxy) is 1. The molecule has 4 heteroatoms. The van der Waals surface area contributed by atoms with Crippen molar-refractivity contribution < 1.29 is 4.74 Å². The average molecular weight is 183 g/mol. The number of rotatable bonds is 3. The molecular formula is C9H17N3O. The maximum absolute atomic E-state index is 8.50. The Balaban J connectivity index is 2.16. The molecule has 0 aromatic carbocycles. The van der Waals surface area contributed by atoms with E-state index < -0.39 is 0 Å². The molecule has 1 atom stereocenters. The van der Waals surface area contributed by atoms with Crippen LogP contribution in [-0.4, -0.2) is 43.8 Å². The predicted octanol–water partition coefficient (Wildman–Crippen LogP) is -0.0503. The first kappa shape index (κ1) is 10.5. The lowest BCUT2D eigenvalue weighted by Crippen LogP contribution is -2.31. The van der Waals surface area contributed by atoms with E-state index in [4.69, 9.17) is 15.7 Å². The molecule has 0 spiro atoms. The third-order valence-electron chi connectivity index (χ3n) is 2.24. The Kier molecular flexibility index (Phi) is 4.76. The van der Waals surface area contributed by atoms with Gasteiger partial charge in [-0.3, -0.25) is 0 Å². The molecule has 1 saturated heterocycles. The van der Waals surface area contributed by atoms with Gasteiger partial charge < -0.3 is 15.4 Å². The molecule has 0 aliphatic carbocycles. The largest absolute Gasteiger partial charge is 0.380 e. The first-order valence-corrected chi connectivity index (χ1v) is 4.78. The Morgan fingerprint density at radius 3 is 3.08 bits per heavy atom. The van der Waals surface area contributed by atoms with Crippen molar-refractivity contribution >= 4 is 0 Å². The molecule has 74 valence electrons. The molecule has 0 aromatic heterocycles. The number of hydrogen-bond donors (Lipinski definition) is 1. The summed E-state index contributed by atoms with van der Waals surface area (Å²) in [5, 5.41) is 8.50. The van der Waals surface area contributed by atoms with Gasteiger partial charge in [-0.1, -0.05) is 0 Å². The van der Waals surface area contributed by atoms with Crippen molar-refractivity contribution in [2.24, 2.45) is 5.73 Å². The van der Waals surface area contributed by atoms with Crippen molar-refractivity contribution in [1.82, 2.24) is 4.90 Å². The van der Waals surface area contributed by atoms with Crippen molar-refractivity contribution in [3.05, 3.63) is 0 Å². The van der Waals surface area contributed by atoms with Crippen LogP contribution in [0.15, 0.2) is 0 Å². The Labute approximate surface area is 79.3 Å². The van der Waals surface area contributed by atoms with Crippen LogP contribution >= 0.6 is 0 Å². The summed E-state index contributed by atoms with van der Waals surface area (Å²) in [4.78, 5) is 2.31. The smallest absolute Gasteiger partial charge is 0.0940 e. The monoisotopic (exact) mass is 183 g/mol. The second-order valence-electron chi connectivity index (χ2n) is 3.33. The molecule has 1 unspecified atom stereocenters. The summed E-state index contributed by atoms with van der Waals surface area (Å²) >= 11 is 0. The Morgan fingerprint density at radius 1 is 1.46 bits per heavy atom. The summed E-state index contributed by atoms with van der Waals surface area (Å²) in [5.41, 5.74) is 5.51. The van der Waals surface area contributed by atoms with Gasteiger partial charge in [0.15, 0.2) is 0 Å². The standard InChI is InChI=1S/C9H17N3O/c10-8-9(11)2-4-12-3-1-6-13-7-5-12/h9H,1-7,11H2. The predicted molar refractivity (Wildman–Crippen MR) is 50.1 cm³/mol. The van der Waals surface area contributed by atoms with E-state index in [0.29, 0.717) is 0 Å². The van der Waals surface area contributed by atoms with Crippen LogP contribution in [0.3, 0.4) is 0 Å². The highest BCUT2D eigenvalue weighted by molar-refractivity contribution is 4.86. The van der Waals surface area contributed by atoms with Gasteiger partial charge in [0.25, 0.3) is 0 Å². The van der Waals surface area contributed by atoms with Crippen molar-refractivity contribution in [3.8, 4) is 6.07 Å². The number of nitriles is 1. The van der Waals surface area contributed by atoms with E-state index in [2.05, 4.69) is 4.90 Å². The zero-order chi connectivity index (χ0) is 9.52. The molecule has 13 heavy (non-hydrogen) atoms. The first-order chi connectivity index (χ1) is 6.33. The van der Waals surface area contributed by atoms with Gasteiger partial charge in [0, 0.05) is 26.2 Å². The molecule has 1 fully saturated rings. The highest BCUT2D eigenvalue weighted by Crippen LogP contribution is 2.00. The highest BCUT2D eigenvalue weighted by Gasteiger charge is 2.10. The normalized spacial score (nSPS) is 21.8. The minimum atomic E-state index is -0.316. The van der Waals surface area contributed by atoms with Crippen LogP contribution in [0.1, 0.15) is 12.8 Å². The quantitative estimate of drug-likeness (QED) is 0.666. The van der Waals surface area contributed by atoms with Gasteiger partial charge in [-0.05, 0) is 12.8 Å². The zero-order valence-electron chi connectivity index (χ0n) is 7.91. The Bertz CT molecular complexity index is 170. The summed E-state index contributed by atoms with van der Waals surface area (Å²) in [6.45, 7) is 4.62. The molecule has 0 radical (unpaired) electrons. The molecule has 0 amide bonds. The minimum Gasteiger partial charge on any atom is -0.380 e. The lowest BCUT2D eigenvalue weighted by atomic mass is 10.2. The maximum Gasteiger partial charge on any atom is 0.0940 e. The second-order valence-corrected chi connectivity index (χ2v) is 3.33. The van der Waals surface area contributed by atoms with E-state index in [0.717, 1.165) is 45.7 Å². The third-order valence-corrected chi connectivity index (χ3v) is 2.24. The van der Waals surface area contributed by atoms with E-state index >= 15 is 0 Å². The van der Waals surface area contributed by atoms with Crippen molar-refractivity contribution in [1.29, 1.82) is 5.26 Å². The summed E-state index contributed by atoms with van der Waals surface area (Å²) in [6, 6.07) is 1.72. The van der Waals surface area contributed by atoms with Gasteiger partial charge in [0.05, 0.1) is 18.7 Å². The van der Waals surface area contributed by atoms with Crippen LogP contribution in [0.4, 0.5) is 0 Å². The SMILES string of the molecule is N#CC(N)CCN1CCCOCC1. The molecule has 1 aliphatic heterocycles. The van der Waals surface area contributed by atoms with Gasteiger partial charge in [0.2, 0.25) is 0 Å². The van der Waals surface area contributed by atoms with Crippen LogP contribution in [0.25, 0.3) is 0 Å². The van der Waals surface area contributed by atoms with Gasteiger partial charge in [-0.2, -0.15) is 5.26 Å². The molecule has 0 aromatic rings. The van der Waals surface area contributed by atoms with Crippen LogP contribution < -0.4 is 5.73 Å². The number of nitrogens with two attached hydrogens (primary N) is 1. The topological polar surface area (TPSA) is 62.3 Å². The van der Waals surface area contributed by atoms with E-state index in [9.17, 15) is 0 Å². The van der Waals surface area contributed by atoms with Crippen molar-refractivity contribution in [2.75, 3.05) is 32.8 Å². The Morgan fingerprint density at radius 2 is 2.31 bits per heavy atom. The lowest BCUT2D eigenvalue weighted by Gasteiger charge is -2.19. The summed E-state index contributed by atoms with van der Waals surface area (Å²) < 4.78 is 5.32. The maximum atomic E-state index is 8.50. The van der Waals surface area contributed by atoms with Gasteiger partial charge in [0.1, 0.15) is 0 Å². The number of hydrogen-bond acceptors (Lipinski definition) is 4. The van der Waals surface area contributed by atoms with Crippen LogP contribution in [0, 0.1) is 11.3 Å². The van der Waals surface area contributed by atoms with Crippen molar-refractivity contribution in [3.63, 3.8) is 0 Å². The summed E-state index contributed by atoms with van der Waals surface area (Å²) in [7, 11) is 0. The highest BCUT2D eigenvalue weighted by atomic mass is 16.5. The minimum absolute atomic E-state index is 0.316. The van der Waals surface area contributed by atoms with Gasteiger partial charge >= 0.3 is 0 Å². The van der Waals surface area contributed by atoms with Crippen LogP contribution in [0.5, 0.6) is 0 Å². The second kappa shape index (κ2) is 5.92. The molecule has 1 heterocycles. The third kappa shape index (κ3) is 4.23. The fraction of sp³-hybridized carbons (Fsp3) is 0.889. The van der Waals surface area contributed by atoms with E-state index in [1.807, 2.05) is 6.07 Å². The summed E-state index contributed by atoms with van der Waals surface area (Å²) in [5.74, 6) is 0. The summed E-state index contributed by atoms with van der Waals surface area (Å²) in [6.07, 6.45) is 1.85. The molecule has 0 bridgehead atoms. The molecule has 4 nitrogen and oxygen atoms in total. The molecule has 2 N–H and O–H groups in total. The van der Waals surface area contributed by atoms with E-state index in [1.54, 1.807) is 0 Å². The molecule has 1 aliphatic rings. The van der Waals surface area contributed by atoms with Crippen LogP contribution in [0.2, 0.25) is 0 Å². The van der Waals surface area contributed by atoms with Crippen molar-refractivity contribution in [2.45, 2.75) is 18.9 Å². The van der Waals surface area contributed by atoms with E-state index in [1.165, 1.54) is 0 Å². The van der Waals surface area contributed by atoms with Gasteiger partial charge in [-0.15, -0.1) is 0 Å². The van der Waals surface area contributed by atoms with E-state index in [-0.39, 0.29) is 6.04 Å². The van der Waals surface area contributed by atoms with Crippen LogP contribution in [-0.2, 0) is 4.74 Å². The fourth-order valence-electron chi connectivity index (χ4n) is 1.41. The number of nitrogens with zero attached hydrogens (tertiary/aromatic N) is 2. The van der Waals surface area contributed by atoms with Gasteiger partial charge in [-0.25, -0.2) is 0 Å². The Hall–Kier alpha value is -0.630. The lowest BCUT2D eigenvalue weighted by molar-refractivity contribution is 0.141. The fourth-order valence-corrected chi connectivity index (χ4v) is 1.41.